The highest BCUT2D eigenvalue weighted by Gasteiger charge is 2.18. The van der Waals surface area contributed by atoms with E-state index in [0.717, 1.165) is 32.2 Å². The van der Waals surface area contributed by atoms with Crippen molar-refractivity contribution in [1.82, 2.24) is 19.6 Å². The molecule has 0 fully saturated rings. The zero-order valence-corrected chi connectivity index (χ0v) is 14.7. The summed E-state index contributed by atoms with van der Waals surface area (Å²) in [6, 6.07) is 18.1. The highest BCUT2D eigenvalue weighted by atomic mass is 32.1. The summed E-state index contributed by atoms with van der Waals surface area (Å²) < 4.78 is 2.77. The quantitative estimate of drug-likeness (QED) is 0.512. The van der Waals surface area contributed by atoms with E-state index in [4.69, 9.17) is 0 Å². The van der Waals surface area contributed by atoms with E-state index >= 15 is 0 Å². The molecule has 5 rings (SSSR count). The number of H-pyrrole nitrogens is 1. The molecule has 26 heavy (non-hydrogen) atoms. The Morgan fingerprint density at radius 3 is 2.54 bits per heavy atom. The van der Waals surface area contributed by atoms with Crippen LogP contribution in [0.1, 0.15) is 5.56 Å². The minimum absolute atomic E-state index is 0.211. The Morgan fingerprint density at radius 2 is 1.77 bits per heavy atom. The molecule has 0 atom stereocenters. The monoisotopic (exact) mass is 358 g/mol. The number of aromatic amines is 1. The van der Waals surface area contributed by atoms with Crippen LogP contribution in [0.4, 0.5) is 0 Å². The molecule has 3 heterocycles. The molecule has 0 amide bonds. The van der Waals surface area contributed by atoms with Crippen LogP contribution in [-0.4, -0.2) is 19.6 Å². The third kappa shape index (κ3) is 2.19. The summed E-state index contributed by atoms with van der Waals surface area (Å²) in [5.74, 6) is 0. The molecule has 5 aromatic rings. The zero-order valence-electron chi connectivity index (χ0n) is 13.9. The lowest BCUT2D eigenvalue weighted by Crippen LogP contribution is -2.11. The van der Waals surface area contributed by atoms with Crippen molar-refractivity contribution in [1.29, 1.82) is 0 Å². The van der Waals surface area contributed by atoms with Gasteiger partial charge in [0.25, 0.3) is 5.56 Å². The molecule has 6 heteroatoms. The zero-order chi connectivity index (χ0) is 17.7. The SMILES string of the molecule is Cc1ccc(-c2cnc3sc4c(-c5ccccc5)n[nH]c(=O)c4n23)cc1. The summed E-state index contributed by atoms with van der Waals surface area (Å²) in [6.45, 7) is 2.05. The fraction of sp³-hybridized carbons (Fsp3) is 0.0500. The van der Waals surface area contributed by atoms with Crippen molar-refractivity contribution >= 4 is 26.5 Å². The number of rotatable bonds is 2. The first kappa shape index (κ1) is 15.0. The molecule has 2 aromatic carbocycles. The van der Waals surface area contributed by atoms with Gasteiger partial charge in [0, 0.05) is 11.1 Å². The second-order valence-electron chi connectivity index (χ2n) is 6.17. The first-order chi connectivity index (χ1) is 12.7. The minimum Gasteiger partial charge on any atom is -0.278 e. The summed E-state index contributed by atoms with van der Waals surface area (Å²) >= 11 is 1.49. The molecule has 1 N–H and O–H groups in total. The second-order valence-corrected chi connectivity index (χ2v) is 7.15. The summed E-state index contributed by atoms with van der Waals surface area (Å²) in [7, 11) is 0. The molecule has 0 aliphatic heterocycles. The van der Waals surface area contributed by atoms with E-state index < -0.39 is 0 Å². The van der Waals surface area contributed by atoms with E-state index in [1.807, 2.05) is 40.9 Å². The molecule has 0 aliphatic rings. The summed E-state index contributed by atoms with van der Waals surface area (Å²) in [5.41, 5.74) is 5.24. The smallest absolute Gasteiger partial charge is 0.278 e. The van der Waals surface area contributed by atoms with Gasteiger partial charge in [-0.3, -0.25) is 9.20 Å². The number of fused-ring (bicyclic) bond motifs is 3. The fourth-order valence-corrected chi connectivity index (χ4v) is 4.27. The van der Waals surface area contributed by atoms with E-state index in [2.05, 4.69) is 46.4 Å². The molecule has 0 saturated heterocycles. The lowest BCUT2D eigenvalue weighted by atomic mass is 10.1. The maximum atomic E-state index is 12.6. The Labute approximate surface area is 152 Å². The van der Waals surface area contributed by atoms with Crippen molar-refractivity contribution in [3.8, 4) is 22.5 Å². The molecule has 126 valence electrons. The molecule has 0 bridgehead atoms. The third-order valence-corrected chi connectivity index (χ3v) is 5.52. The van der Waals surface area contributed by atoms with Crippen molar-refractivity contribution < 1.29 is 0 Å². The normalized spacial score (nSPS) is 11.4. The van der Waals surface area contributed by atoms with Gasteiger partial charge in [-0.1, -0.05) is 71.5 Å². The van der Waals surface area contributed by atoms with Crippen molar-refractivity contribution in [3.63, 3.8) is 0 Å². The van der Waals surface area contributed by atoms with Gasteiger partial charge in [-0.25, -0.2) is 10.1 Å². The third-order valence-electron chi connectivity index (χ3n) is 4.46. The van der Waals surface area contributed by atoms with E-state index in [9.17, 15) is 4.79 Å². The van der Waals surface area contributed by atoms with Crippen molar-refractivity contribution in [2.75, 3.05) is 0 Å². The van der Waals surface area contributed by atoms with Gasteiger partial charge in [0.05, 0.1) is 16.6 Å². The topological polar surface area (TPSA) is 63.0 Å². The van der Waals surface area contributed by atoms with Crippen LogP contribution in [0.5, 0.6) is 0 Å². The molecular weight excluding hydrogens is 344 g/mol. The lowest BCUT2D eigenvalue weighted by molar-refractivity contribution is 1.01. The Kier molecular flexibility index (Phi) is 3.26. The van der Waals surface area contributed by atoms with Gasteiger partial charge in [0.1, 0.15) is 11.2 Å². The summed E-state index contributed by atoms with van der Waals surface area (Å²) in [5, 5.41) is 6.95. The molecule has 3 aromatic heterocycles. The summed E-state index contributed by atoms with van der Waals surface area (Å²) in [4.78, 5) is 17.9. The fourth-order valence-electron chi connectivity index (χ4n) is 3.16. The van der Waals surface area contributed by atoms with E-state index in [1.165, 1.54) is 16.9 Å². The van der Waals surface area contributed by atoms with Crippen molar-refractivity contribution in [2.24, 2.45) is 0 Å². The summed E-state index contributed by atoms with van der Waals surface area (Å²) in [6.07, 6.45) is 1.82. The first-order valence-electron chi connectivity index (χ1n) is 8.23. The van der Waals surface area contributed by atoms with Gasteiger partial charge < -0.3 is 0 Å². The average molecular weight is 358 g/mol. The molecule has 5 nitrogen and oxygen atoms in total. The van der Waals surface area contributed by atoms with Crippen LogP contribution in [0, 0.1) is 6.92 Å². The van der Waals surface area contributed by atoms with E-state index in [0.29, 0.717) is 5.52 Å². The van der Waals surface area contributed by atoms with Crippen LogP contribution in [0.15, 0.2) is 65.6 Å². The largest absolute Gasteiger partial charge is 0.290 e. The highest BCUT2D eigenvalue weighted by Crippen LogP contribution is 2.34. The van der Waals surface area contributed by atoms with E-state index in [-0.39, 0.29) is 5.56 Å². The Bertz CT molecular complexity index is 1300. The van der Waals surface area contributed by atoms with Gasteiger partial charge in [-0.05, 0) is 6.92 Å². The first-order valence-corrected chi connectivity index (χ1v) is 9.05. The minimum atomic E-state index is -0.211. The lowest BCUT2D eigenvalue weighted by Gasteiger charge is -2.03. The number of nitrogens with one attached hydrogen (secondary N) is 1. The van der Waals surface area contributed by atoms with Crippen LogP contribution in [0.3, 0.4) is 0 Å². The number of imidazole rings is 1. The number of aryl methyl sites for hydroxylation is 1. The van der Waals surface area contributed by atoms with Gasteiger partial charge >= 0.3 is 0 Å². The molecule has 0 unspecified atom stereocenters. The van der Waals surface area contributed by atoms with Crippen molar-refractivity contribution in [3.05, 3.63) is 76.7 Å². The molecular formula is C20H14N4OS. The average Bonchev–Trinajstić information content (AvgIpc) is 3.23. The second kappa shape index (κ2) is 5.64. The van der Waals surface area contributed by atoms with Crippen molar-refractivity contribution in [2.45, 2.75) is 6.92 Å². The Balaban J connectivity index is 1.86. The predicted octanol–water partition coefficient (Wildman–Crippen LogP) is 4.27. The van der Waals surface area contributed by atoms with Crippen LogP contribution < -0.4 is 5.56 Å². The molecule has 0 saturated carbocycles. The van der Waals surface area contributed by atoms with E-state index in [1.54, 1.807) is 0 Å². The number of thiazole rings is 1. The van der Waals surface area contributed by atoms with Crippen LogP contribution >= 0.6 is 11.3 Å². The predicted molar refractivity (Wildman–Crippen MR) is 105 cm³/mol. The maximum Gasteiger partial charge on any atom is 0.290 e. The van der Waals surface area contributed by atoms with Crippen LogP contribution in [0.25, 0.3) is 37.7 Å². The number of benzene rings is 2. The van der Waals surface area contributed by atoms with Gasteiger partial charge in [-0.2, -0.15) is 5.10 Å². The number of hydrogen-bond acceptors (Lipinski definition) is 4. The Morgan fingerprint density at radius 1 is 1.00 bits per heavy atom. The molecule has 0 radical (unpaired) electrons. The molecule has 0 aliphatic carbocycles. The maximum absolute atomic E-state index is 12.6. The van der Waals surface area contributed by atoms with Gasteiger partial charge in [-0.15, -0.1) is 0 Å². The number of nitrogens with zero attached hydrogens (tertiary/aromatic N) is 3. The number of hydrogen-bond donors (Lipinski definition) is 1. The van der Waals surface area contributed by atoms with Gasteiger partial charge in [0.2, 0.25) is 0 Å². The Hall–Kier alpha value is -3.25. The van der Waals surface area contributed by atoms with Crippen LogP contribution in [0.2, 0.25) is 0 Å². The van der Waals surface area contributed by atoms with Gasteiger partial charge in [0.15, 0.2) is 4.96 Å². The number of aromatic nitrogens is 4. The van der Waals surface area contributed by atoms with Crippen LogP contribution in [-0.2, 0) is 0 Å². The molecule has 0 spiro atoms. The highest BCUT2D eigenvalue weighted by molar-refractivity contribution is 7.24. The standard InChI is InChI=1S/C20H14N4OS/c1-12-7-9-13(10-8-12)15-11-21-20-24(15)17-18(26-20)16(22-23-19(17)25)14-5-3-2-4-6-14/h2-11H,1H3,(H,23,25).